The van der Waals surface area contributed by atoms with Crippen LogP contribution in [-0.2, 0) is 4.74 Å². The van der Waals surface area contributed by atoms with E-state index in [-0.39, 0.29) is 5.97 Å². The molecule has 0 spiro atoms. The van der Waals surface area contributed by atoms with Crippen LogP contribution in [0.3, 0.4) is 0 Å². The van der Waals surface area contributed by atoms with Gasteiger partial charge in [0.25, 0.3) is 0 Å². The van der Waals surface area contributed by atoms with Gasteiger partial charge in [0.15, 0.2) is 0 Å². The molecule has 1 aromatic heterocycles. The Bertz CT molecular complexity index is 756. The zero-order chi connectivity index (χ0) is 12.7. The fourth-order valence-corrected chi connectivity index (χ4v) is 2.41. The molecule has 2 aromatic carbocycles. The first kappa shape index (κ1) is 10.8. The van der Waals surface area contributed by atoms with E-state index in [1.165, 1.54) is 7.11 Å². The molecule has 0 unspecified atom stereocenters. The number of methoxy groups -OCH3 is 1. The van der Waals surface area contributed by atoms with Gasteiger partial charge in [0.1, 0.15) is 0 Å². The molecular formula is C15H13NO2. The summed E-state index contributed by atoms with van der Waals surface area (Å²) in [4.78, 5) is 15.3. The molecule has 0 saturated carbocycles. The molecule has 0 amide bonds. The first-order chi connectivity index (χ1) is 8.72. The van der Waals surface area contributed by atoms with Gasteiger partial charge in [-0.15, -0.1) is 0 Å². The number of aromatic nitrogens is 1. The van der Waals surface area contributed by atoms with Crippen molar-refractivity contribution in [1.82, 2.24) is 4.98 Å². The number of esters is 1. The van der Waals surface area contributed by atoms with Crippen molar-refractivity contribution in [2.45, 2.75) is 6.92 Å². The summed E-state index contributed by atoms with van der Waals surface area (Å²) >= 11 is 0. The van der Waals surface area contributed by atoms with Gasteiger partial charge in [0, 0.05) is 21.8 Å². The molecule has 0 aliphatic carbocycles. The fourth-order valence-electron chi connectivity index (χ4n) is 2.41. The molecule has 0 radical (unpaired) electrons. The molecule has 1 heterocycles. The maximum absolute atomic E-state index is 12.0. The largest absolute Gasteiger partial charge is 0.465 e. The van der Waals surface area contributed by atoms with Gasteiger partial charge in [-0.3, -0.25) is 0 Å². The van der Waals surface area contributed by atoms with Gasteiger partial charge >= 0.3 is 5.97 Å². The first-order valence-corrected chi connectivity index (χ1v) is 5.80. The molecule has 0 bridgehead atoms. The molecule has 0 atom stereocenters. The van der Waals surface area contributed by atoms with E-state index in [9.17, 15) is 4.79 Å². The number of hydrogen-bond acceptors (Lipinski definition) is 2. The normalized spacial score (nSPS) is 11.0. The second-order valence-corrected chi connectivity index (χ2v) is 4.34. The monoisotopic (exact) mass is 239 g/mol. The molecule has 3 heteroatoms. The van der Waals surface area contributed by atoms with Crippen LogP contribution in [0.15, 0.2) is 36.4 Å². The lowest BCUT2D eigenvalue weighted by Gasteiger charge is -2.05. The number of carbonyl (C=O) groups is 1. The number of ether oxygens (including phenoxy) is 1. The molecule has 0 aliphatic rings. The summed E-state index contributed by atoms with van der Waals surface area (Å²) in [6.45, 7) is 1.92. The van der Waals surface area contributed by atoms with E-state index in [1.807, 2.05) is 43.3 Å². The fraction of sp³-hybridized carbons (Fsp3) is 0.133. The van der Waals surface area contributed by atoms with Gasteiger partial charge in [-0.1, -0.05) is 24.3 Å². The summed E-state index contributed by atoms with van der Waals surface area (Å²) in [5.74, 6) is -0.289. The van der Waals surface area contributed by atoms with Crippen LogP contribution in [0.2, 0.25) is 0 Å². The number of H-pyrrole nitrogens is 1. The van der Waals surface area contributed by atoms with Gasteiger partial charge in [-0.05, 0) is 24.6 Å². The smallest absolute Gasteiger partial charge is 0.338 e. The van der Waals surface area contributed by atoms with Crippen molar-refractivity contribution in [2.24, 2.45) is 0 Å². The molecule has 90 valence electrons. The zero-order valence-electron chi connectivity index (χ0n) is 10.3. The minimum Gasteiger partial charge on any atom is -0.465 e. The van der Waals surface area contributed by atoms with Crippen molar-refractivity contribution < 1.29 is 9.53 Å². The Hall–Kier alpha value is -2.29. The Balaban J connectivity index is 2.52. The Morgan fingerprint density at radius 3 is 2.67 bits per heavy atom. The Labute approximate surface area is 104 Å². The highest BCUT2D eigenvalue weighted by atomic mass is 16.5. The predicted octanol–water partition coefficient (Wildman–Crippen LogP) is 3.42. The number of aromatic amines is 1. The summed E-state index contributed by atoms with van der Waals surface area (Å²) in [6, 6.07) is 11.9. The second kappa shape index (κ2) is 3.88. The molecule has 0 fully saturated rings. The summed E-state index contributed by atoms with van der Waals surface area (Å²) in [7, 11) is 1.41. The number of fused-ring (bicyclic) bond motifs is 3. The standard InChI is InChI=1S/C15H13NO2/c1-9-7-8-12-14(13(9)15(17)18-2)10-5-3-4-6-11(10)16-12/h3-8,16H,1-2H3. The lowest BCUT2D eigenvalue weighted by atomic mass is 10.0. The van der Waals surface area contributed by atoms with Gasteiger partial charge in [0.05, 0.1) is 12.7 Å². The van der Waals surface area contributed by atoms with E-state index in [0.29, 0.717) is 5.56 Å². The van der Waals surface area contributed by atoms with Crippen molar-refractivity contribution >= 4 is 27.8 Å². The third-order valence-electron chi connectivity index (χ3n) is 3.27. The lowest BCUT2D eigenvalue weighted by Crippen LogP contribution is -2.04. The summed E-state index contributed by atoms with van der Waals surface area (Å²) < 4.78 is 4.89. The summed E-state index contributed by atoms with van der Waals surface area (Å²) in [6.07, 6.45) is 0. The third kappa shape index (κ3) is 1.40. The predicted molar refractivity (Wildman–Crippen MR) is 71.9 cm³/mol. The van der Waals surface area contributed by atoms with Crippen LogP contribution in [0.25, 0.3) is 21.8 Å². The van der Waals surface area contributed by atoms with Crippen LogP contribution in [0.4, 0.5) is 0 Å². The van der Waals surface area contributed by atoms with E-state index < -0.39 is 0 Å². The number of benzene rings is 2. The lowest BCUT2D eigenvalue weighted by molar-refractivity contribution is 0.0602. The third-order valence-corrected chi connectivity index (χ3v) is 3.27. The van der Waals surface area contributed by atoms with Crippen molar-refractivity contribution in [1.29, 1.82) is 0 Å². The first-order valence-electron chi connectivity index (χ1n) is 5.80. The van der Waals surface area contributed by atoms with Gasteiger partial charge < -0.3 is 9.72 Å². The average Bonchev–Trinajstić information content (AvgIpc) is 2.76. The second-order valence-electron chi connectivity index (χ2n) is 4.34. The molecule has 0 aliphatic heterocycles. The maximum atomic E-state index is 12.0. The van der Waals surface area contributed by atoms with Crippen molar-refractivity contribution in [3.63, 3.8) is 0 Å². The van der Waals surface area contributed by atoms with E-state index in [4.69, 9.17) is 4.74 Å². The topological polar surface area (TPSA) is 42.1 Å². The quantitative estimate of drug-likeness (QED) is 0.661. The Morgan fingerprint density at radius 2 is 1.89 bits per heavy atom. The van der Waals surface area contributed by atoms with Crippen molar-refractivity contribution in [3.05, 3.63) is 47.5 Å². The van der Waals surface area contributed by atoms with Crippen LogP contribution < -0.4 is 0 Å². The van der Waals surface area contributed by atoms with E-state index in [0.717, 1.165) is 27.4 Å². The molecular weight excluding hydrogens is 226 g/mol. The number of aryl methyl sites for hydroxylation is 1. The molecule has 1 N–H and O–H groups in total. The highest BCUT2D eigenvalue weighted by Crippen LogP contribution is 2.30. The van der Waals surface area contributed by atoms with Crippen LogP contribution in [0.5, 0.6) is 0 Å². The van der Waals surface area contributed by atoms with Crippen LogP contribution in [-0.4, -0.2) is 18.1 Å². The number of para-hydroxylation sites is 1. The number of nitrogens with one attached hydrogen (secondary N) is 1. The molecule has 3 aromatic rings. The Morgan fingerprint density at radius 1 is 1.11 bits per heavy atom. The van der Waals surface area contributed by atoms with Crippen molar-refractivity contribution in [2.75, 3.05) is 7.11 Å². The van der Waals surface area contributed by atoms with Gasteiger partial charge in [-0.25, -0.2) is 4.79 Å². The highest BCUT2D eigenvalue weighted by molar-refractivity contribution is 6.17. The van der Waals surface area contributed by atoms with E-state index in [1.54, 1.807) is 0 Å². The van der Waals surface area contributed by atoms with Crippen LogP contribution in [0, 0.1) is 6.92 Å². The number of carbonyl (C=O) groups excluding carboxylic acids is 1. The highest BCUT2D eigenvalue weighted by Gasteiger charge is 2.17. The zero-order valence-corrected chi connectivity index (χ0v) is 10.3. The minimum absolute atomic E-state index is 0.289. The van der Waals surface area contributed by atoms with E-state index in [2.05, 4.69) is 4.98 Å². The summed E-state index contributed by atoms with van der Waals surface area (Å²) in [5, 5.41) is 1.99. The summed E-state index contributed by atoms with van der Waals surface area (Å²) in [5.41, 5.74) is 3.57. The molecule has 0 saturated heterocycles. The van der Waals surface area contributed by atoms with Gasteiger partial charge in [-0.2, -0.15) is 0 Å². The van der Waals surface area contributed by atoms with Crippen molar-refractivity contribution in [3.8, 4) is 0 Å². The van der Waals surface area contributed by atoms with Crippen LogP contribution >= 0.6 is 0 Å². The Kier molecular flexibility index (Phi) is 2.33. The van der Waals surface area contributed by atoms with E-state index >= 15 is 0 Å². The SMILES string of the molecule is COC(=O)c1c(C)ccc2[nH]c3ccccc3c12. The van der Waals surface area contributed by atoms with Crippen LogP contribution in [0.1, 0.15) is 15.9 Å². The molecule has 3 rings (SSSR count). The molecule has 18 heavy (non-hydrogen) atoms. The number of hydrogen-bond donors (Lipinski definition) is 1. The average molecular weight is 239 g/mol. The maximum Gasteiger partial charge on any atom is 0.338 e. The molecule has 3 nitrogen and oxygen atoms in total. The van der Waals surface area contributed by atoms with Gasteiger partial charge in [0.2, 0.25) is 0 Å². The number of rotatable bonds is 1. The minimum atomic E-state index is -0.289.